The van der Waals surface area contributed by atoms with Gasteiger partial charge in [0.25, 0.3) is 0 Å². The molecule has 2 heterocycles. The molecule has 112 valence electrons. The molecule has 0 bridgehead atoms. The molecule has 0 saturated carbocycles. The van der Waals surface area contributed by atoms with Gasteiger partial charge in [0.2, 0.25) is 5.91 Å². The molecule has 0 saturated heterocycles. The molecule has 7 heteroatoms. The predicted molar refractivity (Wildman–Crippen MR) is 79.3 cm³/mol. The maximum absolute atomic E-state index is 11.9. The first-order valence-electron chi connectivity index (χ1n) is 6.97. The van der Waals surface area contributed by atoms with Gasteiger partial charge in [-0.3, -0.25) is 4.79 Å². The summed E-state index contributed by atoms with van der Waals surface area (Å²) in [6, 6.07) is 5.17. The summed E-state index contributed by atoms with van der Waals surface area (Å²) in [6.45, 7) is 5.79. The van der Waals surface area contributed by atoms with Gasteiger partial charge < -0.3 is 15.2 Å². The first-order valence-corrected chi connectivity index (χ1v) is 6.97. The van der Waals surface area contributed by atoms with Crippen LogP contribution in [0.3, 0.4) is 0 Å². The van der Waals surface area contributed by atoms with E-state index >= 15 is 0 Å². The summed E-state index contributed by atoms with van der Waals surface area (Å²) in [5.41, 5.74) is 0. The van der Waals surface area contributed by atoms with Gasteiger partial charge in [-0.1, -0.05) is 19.0 Å². The highest BCUT2D eigenvalue weighted by Gasteiger charge is 2.14. The standard InChI is InChI=1S/C14H19N5O2/c1-4-10(5-2)14(20)16-12-7-6-11(17-18-12)15-13-8-9(3)21-19-13/h6-8,10H,4-5H2,1-3H3,(H,15,17,19)(H,16,18,20). The summed E-state index contributed by atoms with van der Waals surface area (Å²) in [5, 5.41) is 17.5. The van der Waals surface area contributed by atoms with Crippen LogP contribution in [-0.4, -0.2) is 21.3 Å². The maximum atomic E-state index is 11.9. The Hall–Kier alpha value is -2.44. The van der Waals surface area contributed by atoms with Crippen LogP contribution < -0.4 is 10.6 Å². The minimum atomic E-state index is -0.0258. The van der Waals surface area contributed by atoms with Crippen molar-refractivity contribution in [3.8, 4) is 0 Å². The van der Waals surface area contributed by atoms with Crippen molar-refractivity contribution in [2.24, 2.45) is 5.92 Å². The van der Waals surface area contributed by atoms with Crippen molar-refractivity contribution in [2.75, 3.05) is 10.6 Å². The van der Waals surface area contributed by atoms with Gasteiger partial charge in [0.1, 0.15) is 5.76 Å². The zero-order chi connectivity index (χ0) is 15.2. The van der Waals surface area contributed by atoms with Crippen molar-refractivity contribution in [3.63, 3.8) is 0 Å². The van der Waals surface area contributed by atoms with Gasteiger partial charge in [0.15, 0.2) is 17.5 Å². The van der Waals surface area contributed by atoms with E-state index in [0.29, 0.717) is 23.2 Å². The summed E-state index contributed by atoms with van der Waals surface area (Å²) in [5.74, 6) is 2.22. The number of rotatable bonds is 6. The van der Waals surface area contributed by atoms with E-state index in [0.717, 1.165) is 12.8 Å². The van der Waals surface area contributed by atoms with Crippen molar-refractivity contribution in [3.05, 3.63) is 24.0 Å². The molecule has 1 amide bonds. The molecule has 2 aromatic heterocycles. The van der Waals surface area contributed by atoms with Gasteiger partial charge >= 0.3 is 0 Å². The highest BCUT2D eigenvalue weighted by Crippen LogP contribution is 2.15. The lowest BCUT2D eigenvalue weighted by atomic mass is 10.0. The molecular formula is C14H19N5O2. The van der Waals surface area contributed by atoms with Crippen LogP contribution in [0.2, 0.25) is 0 Å². The zero-order valence-corrected chi connectivity index (χ0v) is 12.4. The Morgan fingerprint density at radius 3 is 2.38 bits per heavy atom. The minimum Gasteiger partial charge on any atom is -0.360 e. The van der Waals surface area contributed by atoms with Crippen molar-refractivity contribution in [1.29, 1.82) is 0 Å². The van der Waals surface area contributed by atoms with Crippen molar-refractivity contribution in [2.45, 2.75) is 33.6 Å². The number of nitrogens with zero attached hydrogens (tertiary/aromatic N) is 3. The van der Waals surface area contributed by atoms with Crippen molar-refractivity contribution < 1.29 is 9.32 Å². The fraction of sp³-hybridized carbons (Fsp3) is 0.429. The Kier molecular flexibility index (Phi) is 4.86. The molecule has 0 aliphatic carbocycles. The maximum Gasteiger partial charge on any atom is 0.228 e. The molecule has 0 spiro atoms. The third kappa shape index (κ3) is 4.01. The molecule has 2 aromatic rings. The summed E-state index contributed by atoms with van der Waals surface area (Å²) in [4.78, 5) is 11.9. The molecule has 0 aromatic carbocycles. The molecule has 2 N–H and O–H groups in total. The second-order valence-corrected chi connectivity index (χ2v) is 4.75. The van der Waals surface area contributed by atoms with E-state index in [1.165, 1.54) is 0 Å². The van der Waals surface area contributed by atoms with E-state index in [1.54, 1.807) is 25.1 Å². The lowest BCUT2D eigenvalue weighted by Gasteiger charge is -2.11. The fourth-order valence-electron chi connectivity index (χ4n) is 1.91. The summed E-state index contributed by atoms with van der Waals surface area (Å²) in [7, 11) is 0. The number of anilines is 3. The Labute approximate surface area is 123 Å². The second kappa shape index (κ2) is 6.83. The minimum absolute atomic E-state index is 0.00251. The number of carbonyl (C=O) groups is 1. The molecule has 21 heavy (non-hydrogen) atoms. The van der Waals surface area contributed by atoms with E-state index < -0.39 is 0 Å². The Morgan fingerprint density at radius 1 is 1.19 bits per heavy atom. The van der Waals surface area contributed by atoms with Gasteiger partial charge in [0, 0.05) is 12.0 Å². The van der Waals surface area contributed by atoms with Gasteiger partial charge in [-0.15, -0.1) is 10.2 Å². The van der Waals surface area contributed by atoms with Crippen LogP contribution in [0.5, 0.6) is 0 Å². The van der Waals surface area contributed by atoms with Crippen molar-refractivity contribution in [1.82, 2.24) is 15.4 Å². The molecule has 0 fully saturated rings. The second-order valence-electron chi connectivity index (χ2n) is 4.75. The SMILES string of the molecule is CCC(CC)C(=O)Nc1ccc(Nc2cc(C)on2)nn1. The summed E-state index contributed by atoms with van der Waals surface area (Å²) in [6.07, 6.45) is 1.61. The van der Waals surface area contributed by atoms with Crippen LogP contribution in [-0.2, 0) is 4.79 Å². The van der Waals surface area contributed by atoms with E-state index in [-0.39, 0.29) is 11.8 Å². The molecule has 2 rings (SSSR count). The molecule has 0 radical (unpaired) electrons. The topological polar surface area (TPSA) is 92.9 Å². The highest BCUT2D eigenvalue weighted by atomic mass is 16.5. The molecule has 0 aliphatic heterocycles. The predicted octanol–water partition coefficient (Wildman–Crippen LogP) is 2.89. The molecule has 0 aliphatic rings. The van der Waals surface area contributed by atoms with Crippen LogP contribution >= 0.6 is 0 Å². The molecule has 0 unspecified atom stereocenters. The average Bonchev–Trinajstić information content (AvgIpc) is 2.88. The van der Waals surface area contributed by atoms with Crippen LogP contribution in [0, 0.1) is 12.8 Å². The lowest BCUT2D eigenvalue weighted by Crippen LogP contribution is -2.22. The van der Waals surface area contributed by atoms with E-state index in [4.69, 9.17) is 4.52 Å². The number of nitrogens with one attached hydrogen (secondary N) is 2. The zero-order valence-electron chi connectivity index (χ0n) is 12.4. The molecule has 0 atom stereocenters. The largest absolute Gasteiger partial charge is 0.360 e. The monoisotopic (exact) mass is 289 g/mol. The number of hydrogen-bond donors (Lipinski definition) is 2. The Balaban J connectivity index is 1.97. The number of carbonyl (C=O) groups excluding carboxylic acids is 1. The van der Waals surface area contributed by atoms with Gasteiger partial charge in [0.05, 0.1) is 0 Å². The molecule has 7 nitrogen and oxygen atoms in total. The van der Waals surface area contributed by atoms with Crippen molar-refractivity contribution >= 4 is 23.4 Å². The van der Waals surface area contributed by atoms with Crippen LogP contribution in [0.15, 0.2) is 22.7 Å². The van der Waals surface area contributed by atoms with Gasteiger partial charge in [-0.2, -0.15) is 0 Å². The number of aromatic nitrogens is 3. The average molecular weight is 289 g/mol. The van der Waals surface area contributed by atoms with Crippen LogP contribution in [0.1, 0.15) is 32.4 Å². The smallest absolute Gasteiger partial charge is 0.228 e. The number of amides is 1. The fourth-order valence-corrected chi connectivity index (χ4v) is 1.91. The first-order chi connectivity index (χ1) is 10.1. The van der Waals surface area contributed by atoms with Gasteiger partial charge in [-0.25, -0.2) is 0 Å². The third-order valence-corrected chi connectivity index (χ3v) is 3.16. The Bertz CT molecular complexity index is 590. The lowest BCUT2D eigenvalue weighted by molar-refractivity contribution is -0.120. The first kappa shape index (κ1) is 15.0. The number of hydrogen-bond acceptors (Lipinski definition) is 6. The van der Waals surface area contributed by atoms with Gasteiger partial charge in [-0.05, 0) is 31.9 Å². The van der Waals surface area contributed by atoms with E-state index in [9.17, 15) is 4.79 Å². The quantitative estimate of drug-likeness (QED) is 0.849. The highest BCUT2D eigenvalue weighted by molar-refractivity contribution is 5.91. The third-order valence-electron chi connectivity index (χ3n) is 3.16. The van der Waals surface area contributed by atoms with Crippen LogP contribution in [0.4, 0.5) is 17.5 Å². The summed E-state index contributed by atoms with van der Waals surface area (Å²) < 4.78 is 4.95. The molecular weight excluding hydrogens is 270 g/mol. The normalized spacial score (nSPS) is 10.7. The van der Waals surface area contributed by atoms with E-state index in [2.05, 4.69) is 26.0 Å². The summed E-state index contributed by atoms with van der Waals surface area (Å²) >= 11 is 0. The Morgan fingerprint density at radius 2 is 1.86 bits per heavy atom. The van der Waals surface area contributed by atoms with E-state index in [1.807, 2.05) is 13.8 Å². The van der Waals surface area contributed by atoms with Crippen LogP contribution in [0.25, 0.3) is 0 Å². The number of aryl methyl sites for hydroxylation is 1.